The summed E-state index contributed by atoms with van der Waals surface area (Å²) in [5, 5.41) is 2.56. The molecule has 0 unspecified atom stereocenters. The number of aryl methyl sites for hydroxylation is 1. The van der Waals surface area contributed by atoms with Gasteiger partial charge < -0.3 is 5.32 Å². The first-order chi connectivity index (χ1) is 11.4. The number of sulfonamides is 1. The molecule has 2 N–H and O–H groups in total. The average Bonchev–Trinajstić information content (AvgIpc) is 2.55. The minimum Gasteiger partial charge on any atom is -0.355 e. The fourth-order valence-electron chi connectivity index (χ4n) is 2.20. The quantitative estimate of drug-likeness (QED) is 0.799. The van der Waals surface area contributed by atoms with Crippen molar-refractivity contribution in [2.45, 2.75) is 18.2 Å². The number of hydrogen-bond donors (Lipinski definition) is 2. The van der Waals surface area contributed by atoms with E-state index in [9.17, 15) is 17.6 Å². The van der Waals surface area contributed by atoms with Crippen LogP contribution in [0.25, 0.3) is 0 Å². The van der Waals surface area contributed by atoms with E-state index in [1.807, 2.05) is 0 Å². The van der Waals surface area contributed by atoms with Crippen LogP contribution in [0.1, 0.15) is 11.1 Å². The Hall–Kier alpha value is -2.25. The first kappa shape index (κ1) is 18.1. The number of hydrogen-bond acceptors (Lipinski definition) is 3. The number of benzene rings is 2. The zero-order valence-electron chi connectivity index (χ0n) is 13.3. The van der Waals surface area contributed by atoms with Gasteiger partial charge in [-0.2, -0.15) is 0 Å². The number of carbonyl (C=O) groups excluding carboxylic acids is 1. The number of carbonyl (C=O) groups is 1. The molecule has 2 aromatic rings. The highest BCUT2D eigenvalue weighted by atomic mass is 32.2. The molecule has 0 aliphatic rings. The summed E-state index contributed by atoms with van der Waals surface area (Å²) < 4.78 is 40.0. The lowest BCUT2D eigenvalue weighted by atomic mass is 10.1. The van der Waals surface area contributed by atoms with Crippen molar-refractivity contribution in [1.82, 2.24) is 10.0 Å². The molecule has 0 saturated carbocycles. The van der Waals surface area contributed by atoms with Gasteiger partial charge >= 0.3 is 0 Å². The molecule has 0 aromatic heterocycles. The molecule has 128 valence electrons. The molecule has 0 fully saturated rings. The number of halogens is 1. The molecule has 24 heavy (non-hydrogen) atoms. The molecular formula is C17H19FN2O3S. The molecule has 2 aromatic carbocycles. The van der Waals surface area contributed by atoms with Crippen molar-refractivity contribution in [3.05, 3.63) is 65.5 Å². The number of nitrogens with one attached hydrogen (secondary N) is 2. The Morgan fingerprint density at radius 3 is 2.46 bits per heavy atom. The standard InChI is InChI=1S/C17H19FN2O3S/c1-13-6-2-5-9-16(13)24(22,23)20-12-17(21)19-11-10-14-7-3-4-8-15(14)18/h2-9,20H,10-12H2,1H3,(H,19,21). The molecule has 0 aliphatic heterocycles. The monoisotopic (exact) mass is 350 g/mol. The molecule has 2 rings (SSSR count). The highest BCUT2D eigenvalue weighted by molar-refractivity contribution is 7.89. The van der Waals surface area contributed by atoms with Crippen LogP contribution in [-0.2, 0) is 21.2 Å². The molecule has 7 heteroatoms. The molecule has 0 radical (unpaired) electrons. The second-order valence-corrected chi connectivity index (χ2v) is 7.02. The van der Waals surface area contributed by atoms with E-state index in [1.165, 1.54) is 12.1 Å². The van der Waals surface area contributed by atoms with Crippen molar-refractivity contribution in [2.24, 2.45) is 0 Å². The lowest BCUT2D eigenvalue weighted by molar-refractivity contribution is -0.119. The molecule has 0 aliphatic carbocycles. The van der Waals surface area contributed by atoms with E-state index in [0.29, 0.717) is 17.5 Å². The molecule has 0 spiro atoms. The SMILES string of the molecule is Cc1ccccc1S(=O)(=O)NCC(=O)NCCc1ccccc1F. The largest absolute Gasteiger partial charge is 0.355 e. The van der Waals surface area contributed by atoms with E-state index in [1.54, 1.807) is 43.3 Å². The Bertz CT molecular complexity index is 822. The van der Waals surface area contributed by atoms with Gasteiger partial charge in [-0.15, -0.1) is 0 Å². The minimum absolute atomic E-state index is 0.143. The topological polar surface area (TPSA) is 75.3 Å². The van der Waals surface area contributed by atoms with Gasteiger partial charge in [0.1, 0.15) is 5.82 Å². The summed E-state index contributed by atoms with van der Waals surface area (Å²) in [5.74, 6) is -0.796. The highest BCUT2D eigenvalue weighted by Crippen LogP contribution is 2.13. The van der Waals surface area contributed by atoms with Crippen LogP contribution in [0.5, 0.6) is 0 Å². The second-order valence-electron chi connectivity index (χ2n) is 5.28. The molecule has 5 nitrogen and oxygen atoms in total. The first-order valence-electron chi connectivity index (χ1n) is 7.45. The number of rotatable bonds is 7. The van der Waals surface area contributed by atoms with Gasteiger partial charge in [-0.1, -0.05) is 36.4 Å². The Labute approximate surface area is 141 Å². The predicted molar refractivity (Wildman–Crippen MR) is 89.5 cm³/mol. The van der Waals surface area contributed by atoms with Crippen LogP contribution >= 0.6 is 0 Å². The van der Waals surface area contributed by atoms with Gasteiger partial charge in [0.05, 0.1) is 11.4 Å². The highest BCUT2D eigenvalue weighted by Gasteiger charge is 2.17. The maximum atomic E-state index is 13.4. The lowest BCUT2D eigenvalue weighted by Crippen LogP contribution is -2.37. The molecule has 0 atom stereocenters. The minimum atomic E-state index is -3.74. The van der Waals surface area contributed by atoms with Crippen LogP contribution in [0.4, 0.5) is 4.39 Å². The van der Waals surface area contributed by atoms with E-state index in [2.05, 4.69) is 10.0 Å². The smallest absolute Gasteiger partial charge is 0.241 e. The predicted octanol–water partition coefficient (Wildman–Crippen LogP) is 1.77. The zero-order chi connectivity index (χ0) is 17.6. The van der Waals surface area contributed by atoms with Crippen molar-refractivity contribution in [3.8, 4) is 0 Å². The Balaban J connectivity index is 1.83. The van der Waals surface area contributed by atoms with Gasteiger partial charge in [-0.25, -0.2) is 17.5 Å². The van der Waals surface area contributed by atoms with Gasteiger partial charge in [0.25, 0.3) is 0 Å². The summed E-state index contributed by atoms with van der Waals surface area (Å²) >= 11 is 0. The van der Waals surface area contributed by atoms with Crippen LogP contribution < -0.4 is 10.0 Å². The van der Waals surface area contributed by atoms with Crippen molar-refractivity contribution in [2.75, 3.05) is 13.1 Å². The van der Waals surface area contributed by atoms with Gasteiger partial charge in [-0.3, -0.25) is 4.79 Å². The first-order valence-corrected chi connectivity index (χ1v) is 8.94. The fourth-order valence-corrected chi connectivity index (χ4v) is 3.42. The van der Waals surface area contributed by atoms with Crippen molar-refractivity contribution in [1.29, 1.82) is 0 Å². The lowest BCUT2D eigenvalue weighted by Gasteiger charge is -2.10. The van der Waals surface area contributed by atoms with Crippen molar-refractivity contribution >= 4 is 15.9 Å². The fraction of sp³-hybridized carbons (Fsp3) is 0.235. The van der Waals surface area contributed by atoms with Gasteiger partial charge in [0.15, 0.2) is 0 Å². The Kier molecular flexibility index (Phi) is 6.05. The average molecular weight is 350 g/mol. The van der Waals surface area contributed by atoms with E-state index in [0.717, 1.165) is 0 Å². The van der Waals surface area contributed by atoms with Crippen LogP contribution in [0.3, 0.4) is 0 Å². The van der Waals surface area contributed by atoms with Crippen LogP contribution in [0.15, 0.2) is 53.4 Å². The number of amides is 1. The summed E-state index contributed by atoms with van der Waals surface area (Å²) in [6.07, 6.45) is 0.336. The van der Waals surface area contributed by atoms with Crippen LogP contribution in [-0.4, -0.2) is 27.4 Å². The summed E-state index contributed by atoms with van der Waals surface area (Å²) in [6, 6.07) is 12.8. The zero-order valence-corrected chi connectivity index (χ0v) is 14.1. The summed E-state index contributed by atoms with van der Waals surface area (Å²) in [5.41, 5.74) is 1.10. The van der Waals surface area contributed by atoms with Gasteiger partial charge in [-0.05, 0) is 36.6 Å². The summed E-state index contributed by atoms with van der Waals surface area (Å²) in [4.78, 5) is 11.9. The Morgan fingerprint density at radius 1 is 1.08 bits per heavy atom. The molecule has 1 amide bonds. The molecule has 0 heterocycles. The summed E-state index contributed by atoms with van der Waals surface area (Å²) in [7, 11) is -3.74. The van der Waals surface area contributed by atoms with Crippen molar-refractivity contribution in [3.63, 3.8) is 0 Å². The van der Waals surface area contributed by atoms with Crippen LogP contribution in [0, 0.1) is 12.7 Å². The Morgan fingerprint density at radius 2 is 1.75 bits per heavy atom. The van der Waals surface area contributed by atoms with Crippen molar-refractivity contribution < 1.29 is 17.6 Å². The normalized spacial score (nSPS) is 11.2. The molecule has 0 saturated heterocycles. The third kappa shape index (κ3) is 4.87. The van der Waals surface area contributed by atoms with Gasteiger partial charge in [0, 0.05) is 6.54 Å². The van der Waals surface area contributed by atoms with E-state index in [-0.39, 0.29) is 23.8 Å². The summed E-state index contributed by atoms with van der Waals surface area (Å²) in [6.45, 7) is 1.54. The molecule has 0 bridgehead atoms. The maximum absolute atomic E-state index is 13.4. The van der Waals surface area contributed by atoms with Crippen LogP contribution in [0.2, 0.25) is 0 Å². The second kappa shape index (κ2) is 8.03. The third-order valence-corrected chi connectivity index (χ3v) is 5.04. The molecular weight excluding hydrogens is 331 g/mol. The maximum Gasteiger partial charge on any atom is 0.241 e. The third-order valence-electron chi connectivity index (χ3n) is 3.48. The van der Waals surface area contributed by atoms with E-state index >= 15 is 0 Å². The van der Waals surface area contributed by atoms with E-state index in [4.69, 9.17) is 0 Å². The van der Waals surface area contributed by atoms with Gasteiger partial charge in [0.2, 0.25) is 15.9 Å². The van der Waals surface area contributed by atoms with E-state index < -0.39 is 15.9 Å².